The van der Waals surface area contributed by atoms with Crippen molar-refractivity contribution in [2.45, 2.75) is 9.79 Å². The van der Waals surface area contributed by atoms with Gasteiger partial charge in [0.25, 0.3) is 5.69 Å². The summed E-state index contributed by atoms with van der Waals surface area (Å²) in [6.07, 6.45) is 0. The first-order chi connectivity index (χ1) is 9.88. The van der Waals surface area contributed by atoms with Gasteiger partial charge in [0.2, 0.25) is 0 Å². The van der Waals surface area contributed by atoms with Gasteiger partial charge in [-0.15, -0.1) is 0 Å². The summed E-state index contributed by atoms with van der Waals surface area (Å²) in [4.78, 5) is 22.4. The first-order valence-corrected chi connectivity index (χ1v) is 7.52. The van der Waals surface area contributed by atoms with E-state index in [2.05, 4.69) is 15.9 Å². The highest BCUT2D eigenvalue weighted by Crippen LogP contribution is 2.39. The van der Waals surface area contributed by atoms with Crippen LogP contribution in [0.15, 0.2) is 50.7 Å². The van der Waals surface area contributed by atoms with Gasteiger partial charge in [-0.2, -0.15) is 0 Å². The van der Waals surface area contributed by atoms with E-state index in [1.54, 1.807) is 18.2 Å². The van der Waals surface area contributed by atoms with E-state index in [9.17, 15) is 20.0 Å². The maximum Gasteiger partial charge on any atom is 0.337 e. The number of benzene rings is 2. The highest BCUT2D eigenvalue weighted by Gasteiger charge is 2.21. The number of nitro groups is 1. The predicted molar refractivity (Wildman–Crippen MR) is 83.3 cm³/mol. The zero-order valence-corrected chi connectivity index (χ0v) is 13.4. The second-order valence-corrected chi connectivity index (χ2v) is 6.33. The fourth-order valence-corrected chi connectivity index (χ4v) is 3.46. The van der Waals surface area contributed by atoms with Gasteiger partial charge >= 0.3 is 5.97 Å². The van der Waals surface area contributed by atoms with E-state index in [4.69, 9.17) is 11.6 Å². The molecule has 0 amide bonds. The van der Waals surface area contributed by atoms with Crippen LogP contribution in [0.25, 0.3) is 0 Å². The Morgan fingerprint density at radius 2 is 2.05 bits per heavy atom. The second kappa shape index (κ2) is 6.46. The number of nitrogens with zero attached hydrogens (tertiary/aromatic N) is 1. The zero-order chi connectivity index (χ0) is 15.6. The maximum atomic E-state index is 11.3. The molecular formula is C13H7BrClNO4S. The largest absolute Gasteiger partial charge is 0.478 e. The van der Waals surface area contributed by atoms with Crippen LogP contribution in [0, 0.1) is 10.1 Å². The number of carboxylic acids is 1. The van der Waals surface area contributed by atoms with Crippen LogP contribution in [0.2, 0.25) is 5.02 Å². The summed E-state index contributed by atoms with van der Waals surface area (Å²) in [5.74, 6) is -1.27. The molecule has 0 aliphatic carbocycles. The molecule has 0 spiro atoms. The Labute approximate surface area is 137 Å². The Hall–Kier alpha value is -1.57. The Morgan fingerprint density at radius 3 is 2.62 bits per heavy atom. The lowest BCUT2D eigenvalue weighted by Crippen LogP contribution is -2.01. The van der Waals surface area contributed by atoms with Crippen molar-refractivity contribution >= 4 is 50.9 Å². The fraction of sp³-hybridized carbons (Fsp3) is 0. The van der Waals surface area contributed by atoms with Crippen LogP contribution in [-0.4, -0.2) is 16.0 Å². The van der Waals surface area contributed by atoms with Crippen molar-refractivity contribution in [1.82, 2.24) is 0 Å². The molecule has 1 N–H and O–H groups in total. The summed E-state index contributed by atoms with van der Waals surface area (Å²) in [5, 5.41) is 20.0. The van der Waals surface area contributed by atoms with Crippen LogP contribution in [-0.2, 0) is 0 Å². The molecule has 0 aliphatic heterocycles. The summed E-state index contributed by atoms with van der Waals surface area (Å²) in [6.45, 7) is 0. The Balaban J connectivity index is 2.52. The molecule has 0 aliphatic rings. The minimum Gasteiger partial charge on any atom is -0.478 e. The van der Waals surface area contributed by atoms with E-state index in [0.717, 1.165) is 33.3 Å². The Morgan fingerprint density at radius 1 is 1.33 bits per heavy atom. The average molecular weight is 389 g/mol. The molecule has 21 heavy (non-hydrogen) atoms. The highest BCUT2D eigenvalue weighted by atomic mass is 79.9. The number of carbonyl (C=O) groups is 1. The van der Waals surface area contributed by atoms with Crippen LogP contribution in [0.5, 0.6) is 0 Å². The van der Waals surface area contributed by atoms with Gasteiger partial charge in [-0.25, -0.2) is 4.79 Å². The molecule has 0 atom stereocenters. The molecule has 2 aromatic rings. The van der Waals surface area contributed by atoms with E-state index in [1.165, 1.54) is 0 Å². The summed E-state index contributed by atoms with van der Waals surface area (Å²) in [6, 6.07) is 9.38. The number of halogens is 2. The average Bonchev–Trinajstić information content (AvgIpc) is 2.40. The monoisotopic (exact) mass is 387 g/mol. The highest BCUT2D eigenvalue weighted by molar-refractivity contribution is 9.10. The lowest BCUT2D eigenvalue weighted by molar-refractivity contribution is -0.384. The number of non-ortho nitro benzene ring substituents is 1. The first kappa shape index (κ1) is 15.8. The van der Waals surface area contributed by atoms with Crippen molar-refractivity contribution in [2.24, 2.45) is 0 Å². The molecular weight excluding hydrogens is 382 g/mol. The quantitative estimate of drug-likeness (QED) is 0.597. The summed E-state index contributed by atoms with van der Waals surface area (Å²) < 4.78 is 0.836. The molecule has 2 rings (SSSR count). The van der Waals surface area contributed by atoms with Gasteiger partial charge in [0, 0.05) is 26.4 Å². The summed E-state index contributed by atoms with van der Waals surface area (Å²) in [5.41, 5.74) is -0.546. The topological polar surface area (TPSA) is 80.4 Å². The van der Waals surface area contributed by atoms with E-state index in [1.807, 2.05) is 6.07 Å². The molecule has 0 saturated carbocycles. The molecule has 8 heteroatoms. The third kappa shape index (κ3) is 3.75. The summed E-state index contributed by atoms with van der Waals surface area (Å²) in [7, 11) is 0. The molecule has 0 bridgehead atoms. The van der Waals surface area contributed by atoms with Crippen LogP contribution in [0.3, 0.4) is 0 Å². The molecule has 0 aromatic heterocycles. The zero-order valence-electron chi connectivity index (χ0n) is 10.2. The molecule has 0 saturated heterocycles. The van der Waals surface area contributed by atoms with Gasteiger partial charge in [0.1, 0.15) is 0 Å². The van der Waals surface area contributed by atoms with Crippen molar-refractivity contribution in [3.05, 3.63) is 61.6 Å². The number of aromatic carboxylic acids is 1. The summed E-state index contributed by atoms with van der Waals surface area (Å²) >= 11 is 10.5. The number of carboxylic acid groups (broad SMARTS) is 1. The normalized spacial score (nSPS) is 10.4. The third-order valence-corrected chi connectivity index (χ3v) is 4.52. The van der Waals surface area contributed by atoms with E-state index in [-0.39, 0.29) is 21.2 Å². The van der Waals surface area contributed by atoms with Crippen molar-refractivity contribution in [2.75, 3.05) is 0 Å². The van der Waals surface area contributed by atoms with Gasteiger partial charge in [0.15, 0.2) is 0 Å². The lowest BCUT2D eigenvalue weighted by atomic mass is 10.2. The number of nitro benzene ring substituents is 1. The Kier molecular flexibility index (Phi) is 4.87. The fourth-order valence-electron chi connectivity index (χ4n) is 1.60. The van der Waals surface area contributed by atoms with Gasteiger partial charge in [0.05, 0.1) is 15.5 Å². The van der Waals surface area contributed by atoms with Crippen LogP contribution >= 0.6 is 39.3 Å². The molecule has 0 heterocycles. The molecule has 108 valence electrons. The Bertz CT molecular complexity index is 738. The minimum atomic E-state index is -1.27. The standard InChI is InChI=1S/C13H7BrClNO4S/c14-7-2-1-3-9(4-7)21-12-10(13(17)18)5-8(16(19)20)6-11(12)15/h1-6H,(H,17,18). The molecule has 0 unspecified atom stereocenters. The van der Waals surface area contributed by atoms with Gasteiger partial charge < -0.3 is 5.11 Å². The lowest BCUT2D eigenvalue weighted by Gasteiger charge is -2.08. The van der Waals surface area contributed by atoms with Crippen molar-refractivity contribution in [1.29, 1.82) is 0 Å². The number of hydrogen-bond acceptors (Lipinski definition) is 4. The first-order valence-electron chi connectivity index (χ1n) is 5.53. The maximum absolute atomic E-state index is 11.3. The SMILES string of the molecule is O=C(O)c1cc([N+](=O)[O-])cc(Cl)c1Sc1cccc(Br)c1. The molecule has 0 fully saturated rings. The van der Waals surface area contributed by atoms with E-state index < -0.39 is 10.9 Å². The van der Waals surface area contributed by atoms with Crippen molar-refractivity contribution in [3.63, 3.8) is 0 Å². The van der Waals surface area contributed by atoms with Gasteiger partial charge in [-0.1, -0.05) is 45.4 Å². The van der Waals surface area contributed by atoms with Gasteiger partial charge in [-0.3, -0.25) is 10.1 Å². The van der Waals surface area contributed by atoms with Crippen molar-refractivity contribution in [3.8, 4) is 0 Å². The molecule has 2 aromatic carbocycles. The molecule has 0 radical (unpaired) electrons. The van der Waals surface area contributed by atoms with Crippen molar-refractivity contribution < 1.29 is 14.8 Å². The second-order valence-electron chi connectivity index (χ2n) is 3.93. The van der Waals surface area contributed by atoms with Crippen LogP contribution in [0.4, 0.5) is 5.69 Å². The van der Waals surface area contributed by atoms with E-state index in [0.29, 0.717) is 0 Å². The minimum absolute atomic E-state index is 0.0339. The smallest absolute Gasteiger partial charge is 0.337 e. The van der Waals surface area contributed by atoms with Gasteiger partial charge in [-0.05, 0) is 18.2 Å². The van der Waals surface area contributed by atoms with Crippen LogP contribution in [0.1, 0.15) is 10.4 Å². The molecule has 5 nitrogen and oxygen atoms in total. The predicted octanol–water partition coefficient (Wildman–Crippen LogP) is 4.86. The number of rotatable bonds is 4. The third-order valence-electron chi connectivity index (χ3n) is 2.49. The van der Waals surface area contributed by atoms with E-state index >= 15 is 0 Å². The number of hydrogen-bond donors (Lipinski definition) is 1. The van der Waals surface area contributed by atoms with Crippen LogP contribution < -0.4 is 0 Å².